The summed E-state index contributed by atoms with van der Waals surface area (Å²) in [6.45, 7) is 6.84. The van der Waals surface area contributed by atoms with Crippen molar-refractivity contribution in [1.82, 2.24) is 30.7 Å². The minimum absolute atomic E-state index is 0.00368. The molecule has 4 amide bonds. The van der Waals surface area contributed by atoms with Crippen LogP contribution in [0, 0.1) is 28.9 Å². The molecule has 5 unspecified atom stereocenters. The summed E-state index contributed by atoms with van der Waals surface area (Å²) in [5.74, 6) is -3.71. The Labute approximate surface area is 312 Å². The molecule has 5 rings (SSSR count). The van der Waals surface area contributed by atoms with Gasteiger partial charge < -0.3 is 40.7 Å². The number of benzene rings is 2. The van der Waals surface area contributed by atoms with Crippen molar-refractivity contribution < 1.29 is 47.3 Å². The van der Waals surface area contributed by atoms with Gasteiger partial charge in [-0.25, -0.2) is 18.0 Å². The molecule has 6 atom stereocenters. The van der Waals surface area contributed by atoms with Crippen molar-refractivity contribution in [3.05, 3.63) is 71.4 Å². The Morgan fingerprint density at radius 3 is 2.56 bits per heavy atom. The number of aromatic hydroxyl groups is 1. The number of halogens is 3. The Morgan fingerprint density at radius 1 is 1.15 bits per heavy atom. The molecule has 3 aliphatic heterocycles. The zero-order valence-electron chi connectivity index (χ0n) is 30.9. The van der Waals surface area contributed by atoms with Crippen LogP contribution in [0.5, 0.6) is 5.75 Å². The molecular formula is C38H49F3N6O7. The van der Waals surface area contributed by atoms with Crippen LogP contribution in [-0.2, 0) is 25.7 Å². The highest BCUT2D eigenvalue weighted by molar-refractivity contribution is 6.03. The highest BCUT2D eigenvalue weighted by atomic mass is 19.1. The standard InChI is InChI=1S/C38H49F3N6O7/c1-22-14-32(50)46(35(22)51)12-11-43-37(53)54-13-10-38(3,4)33(47(36(52)23(2)48)20-25-17-42-18-30(25)41)34-44-31(28-16-26(39)8-9-29(28)40)21-45(34)19-24-6-5-7-27(49)15-24/h5-9,15-16,21-23,25,30,33-34,42,44,48-49H,10-14,17-20H2,1-4H3,(H,43,53)/t22?,23-,25?,30?,33?,34?/m0/s1. The number of imide groups is 1. The summed E-state index contributed by atoms with van der Waals surface area (Å²) in [4.78, 5) is 55.3. The largest absolute Gasteiger partial charge is 0.508 e. The minimum Gasteiger partial charge on any atom is -0.508 e. The number of rotatable bonds is 15. The van der Waals surface area contributed by atoms with E-state index in [0.29, 0.717) is 5.56 Å². The highest BCUT2D eigenvalue weighted by Gasteiger charge is 2.48. The number of hydrogen-bond donors (Lipinski definition) is 5. The Balaban J connectivity index is 1.44. The van der Waals surface area contributed by atoms with Crippen LogP contribution in [0.3, 0.4) is 0 Å². The van der Waals surface area contributed by atoms with Crippen LogP contribution in [0.2, 0.25) is 0 Å². The number of nitrogens with zero attached hydrogens (tertiary/aromatic N) is 3. The molecule has 0 spiro atoms. The van der Waals surface area contributed by atoms with E-state index in [1.54, 1.807) is 36.2 Å². The summed E-state index contributed by atoms with van der Waals surface area (Å²) in [5.41, 5.74) is -0.196. The van der Waals surface area contributed by atoms with Gasteiger partial charge in [0.05, 0.1) is 18.3 Å². The number of phenolic OH excluding ortho intramolecular Hbond substituents is 1. The van der Waals surface area contributed by atoms with Crippen LogP contribution in [0.15, 0.2) is 48.7 Å². The molecule has 2 fully saturated rings. The van der Waals surface area contributed by atoms with E-state index in [1.165, 1.54) is 17.9 Å². The van der Waals surface area contributed by atoms with Gasteiger partial charge in [0.1, 0.15) is 35.8 Å². The average Bonchev–Trinajstić information content (AvgIpc) is 3.77. The van der Waals surface area contributed by atoms with E-state index in [1.807, 2.05) is 13.8 Å². The summed E-state index contributed by atoms with van der Waals surface area (Å²) >= 11 is 0. The number of amides is 4. The van der Waals surface area contributed by atoms with Crippen LogP contribution >= 0.6 is 0 Å². The van der Waals surface area contributed by atoms with Gasteiger partial charge in [0.2, 0.25) is 11.8 Å². The lowest BCUT2D eigenvalue weighted by atomic mass is 9.77. The number of alkyl carbamates (subject to hydrolysis) is 1. The molecule has 0 bridgehead atoms. The molecule has 0 aromatic heterocycles. The van der Waals surface area contributed by atoms with Gasteiger partial charge in [-0.05, 0) is 54.7 Å². The van der Waals surface area contributed by atoms with Crippen molar-refractivity contribution in [3.63, 3.8) is 0 Å². The number of phenols is 1. The Kier molecular flexibility index (Phi) is 12.8. The summed E-state index contributed by atoms with van der Waals surface area (Å²) in [6.07, 6.45) is -2.60. The van der Waals surface area contributed by atoms with Gasteiger partial charge in [-0.1, -0.05) is 32.9 Å². The Hall–Kier alpha value is -4.83. The first-order valence-electron chi connectivity index (χ1n) is 18.1. The maximum Gasteiger partial charge on any atom is 0.407 e. The maximum atomic E-state index is 15.2. The monoisotopic (exact) mass is 758 g/mol. The predicted octanol–water partition coefficient (Wildman–Crippen LogP) is 3.07. The van der Waals surface area contributed by atoms with E-state index in [-0.39, 0.29) is 87.5 Å². The van der Waals surface area contributed by atoms with Crippen LogP contribution in [-0.4, -0.2) is 113 Å². The summed E-state index contributed by atoms with van der Waals surface area (Å²) in [6, 6.07) is 8.60. The molecule has 16 heteroatoms. The first-order valence-corrected chi connectivity index (χ1v) is 18.1. The molecule has 5 N–H and O–H groups in total. The summed E-state index contributed by atoms with van der Waals surface area (Å²) in [5, 5.41) is 29.8. The van der Waals surface area contributed by atoms with Crippen LogP contribution < -0.4 is 16.0 Å². The van der Waals surface area contributed by atoms with Gasteiger partial charge in [-0.15, -0.1) is 0 Å². The number of aliphatic hydroxyl groups is 1. The quantitative estimate of drug-likeness (QED) is 0.171. The molecule has 2 aromatic rings. The molecule has 0 saturated carbocycles. The van der Waals surface area contributed by atoms with Crippen molar-refractivity contribution in [2.24, 2.45) is 17.3 Å². The molecule has 294 valence electrons. The van der Waals surface area contributed by atoms with E-state index in [0.717, 1.165) is 23.1 Å². The van der Waals surface area contributed by atoms with Crippen molar-refractivity contribution in [2.45, 2.75) is 71.6 Å². The smallest absolute Gasteiger partial charge is 0.407 e. The minimum atomic E-state index is -1.48. The van der Waals surface area contributed by atoms with Gasteiger partial charge >= 0.3 is 6.09 Å². The van der Waals surface area contributed by atoms with Gasteiger partial charge in [-0.3, -0.25) is 19.3 Å². The molecule has 0 radical (unpaired) electrons. The van der Waals surface area contributed by atoms with E-state index >= 15 is 8.78 Å². The zero-order chi connectivity index (χ0) is 39.3. The fraction of sp³-hybridized carbons (Fsp3) is 0.526. The SMILES string of the molecule is CC1CC(=O)N(CCNC(=O)OCCC(C)(C)C(C2NC(c3cc(F)ccc3F)=CN2Cc2cccc(O)c2)N(CC2CNCC2F)C(=O)[C@H](C)O)C1=O. The number of alkyl halides is 1. The number of carbonyl (C=O) groups excluding carboxylic acids is 4. The molecule has 2 aromatic carbocycles. The Morgan fingerprint density at radius 2 is 1.91 bits per heavy atom. The van der Waals surface area contributed by atoms with Crippen molar-refractivity contribution in [2.75, 3.05) is 39.3 Å². The number of carbonyl (C=O) groups is 4. The van der Waals surface area contributed by atoms with Gasteiger partial charge in [0, 0.05) is 69.3 Å². The van der Waals surface area contributed by atoms with Crippen LogP contribution in [0.4, 0.5) is 18.0 Å². The number of nitrogens with one attached hydrogen (secondary N) is 3. The molecular weight excluding hydrogens is 709 g/mol. The van der Waals surface area contributed by atoms with E-state index in [2.05, 4.69) is 16.0 Å². The second-order valence-corrected chi connectivity index (χ2v) is 14.9. The third kappa shape index (κ3) is 9.45. The van der Waals surface area contributed by atoms with Gasteiger partial charge in [0.25, 0.3) is 5.91 Å². The normalized spacial score (nSPS) is 22.6. The number of likely N-dealkylation sites (tertiary alicyclic amines) is 1. The lowest BCUT2D eigenvalue weighted by molar-refractivity contribution is -0.148. The lowest BCUT2D eigenvalue weighted by Gasteiger charge is -2.49. The summed E-state index contributed by atoms with van der Waals surface area (Å²) in [7, 11) is 0. The summed E-state index contributed by atoms with van der Waals surface area (Å²) < 4.78 is 50.4. The van der Waals surface area contributed by atoms with Crippen molar-refractivity contribution in [3.8, 4) is 5.75 Å². The second-order valence-electron chi connectivity index (χ2n) is 14.9. The maximum absolute atomic E-state index is 15.2. The molecule has 54 heavy (non-hydrogen) atoms. The molecule has 2 saturated heterocycles. The van der Waals surface area contributed by atoms with Crippen LogP contribution in [0.1, 0.15) is 51.7 Å². The Bertz CT molecular complexity index is 1740. The zero-order valence-corrected chi connectivity index (χ0v) is 30.9. The average molecular weight is 759 g/mol. The fourth-order valence-electron chi connectivity index (χ4n) is 7.34. The number of ether oxygens (including phenoxy) is 1. The van der Waals surface area contributed by atoms with E-state index < -0.39 is 65.4 Å². The molecule has 3 aliphatic rings. The fourth-order valence-corrected chi connectivity index (χ4v) is 7.34. The van der Waals surface area contributed by atoms with E-state index in [9.17, 15) is 33.8 Å². The molecule has 0 aliphatic carbocycles. The van der Waals surface area contributed by atoms with Gasteiger partial charge in [-0.2, -0.15) is 0 Å². The molecule has 13 nitrogen and oxygen atoms in total. The van der Waals surface area contributed by atoms with Crippen LogP contribution in [0.25, 0.3) is 5.70 Å². The van der Waals surface area contributed by atoms with Crippen molar-refractivity contribution in [1.29, 1.82) is 0 Å². The lowest BCUT2D eigenvalue weighted by Crippen LogP contribution is -2.63. The molecule has 3 heterocycles. The predicted molar refractivity (Wildman–Crippen MR) is 192 cm³/mol. The highest BCUT2D eigenvalue weighted by Crippen LogP contribution is 2.38. The number of aliphatic hydroxyl groups excluding tert-OH is 1. The van der Waals surface area contributed by atoms with Crippen molar-refractivity contribution >= 4 is 29.5 Å². The van der Waals surface area contributed by atoms with Gasteiger partial charge in [0.15, 0.2) is 0 Å². The number of hydrogen-bond acceptors (Lipinski definition) is 10. The second kappa shape index (κ2) is 17.1. The first kappa shape index (κ1) is 40.4. The first-order chi connectivity index (χ1) is 25.5. The van der Waals surface area contributed by atoms with E-state index in [4.69, 9.17) is 4.74 Å². The topological polar surface area (TPSA) is 164 Å². The third-order valence-corrected chi connectivity index (χ3v) is 10.3. The third-order valence-electron chi connectivity index (χ3n) is 10.3.